The normalized spacial score (nSPS) is 11.5. The number of carbonyl (C=O) groups is 1. The molecular formula is C17H15FN2O3. The lowest BCUT2D eigenvalue weighted by Crippen LogP contribution is -2.30. The van der Waals surface area contributed by atoms with E-state index < -0.39 is 17.8 Å². The van der Waals surface area contributed by atoms with Crippen molar-refractivity contribution in [2.24, 2.45) is 0 Å². The lowest BCUT2D eigenvalue weighted by Gasteiger charge is -2.16. The highest BCUT2D eigenvalue weighted by Crippen LogP contribution is 2.23. The van der Waals surface area contributed by atoms with Crippen LogP contribution in [0, 0.1) is 17.1 Å². The van der Waals surface area contributed by atoms with Gasteiger partial charge >= 0.3 is 0 Å². The van der Waals surface area contributed by atoms with Gasteiger partial charge in [0.1, 0.15) is 11.6 Å². The van der Waals surface area contributed by atoms with E-state index in [-0.39, 0.29) is 17.9 Å². The van der Waals surface area contributed by atoms with E-state index in [0.29, 0.717) is 5.56 Å². The Labute approximate surface area is 132 Å². The van der Waals surface area contributed by atoms with Crippen molar-refractivity contribution in [2.45, 2.75) is 12.6 Å². The second-order valence-electron chi connectivity index (χ2n) is 4.85. The third-order valence-electron chi connectivity index (χ3n) is 3.29. The Bertz CT molecular complexity index is 738. The minimum atomic E-state index is -1.12. The van der Waals surface area contributed by atoms with Crippen molar-refractivity contribution in [3.8, 4) is 11.8 Å². The number of rotatable bonds is 5. The fourth-order valence-electron chi connectivity index (χ4n) is 2.08. The Morgan fingerprint density at radius 3 is 2.61 bits per heavy atom. The Morgan fingerprint density at radius 1 is 1.35 bits per heavy atom. The summed E-state index contributed by atoms with van der Waals surface area (Å²) < 4.78 is 18.9. The third-order valence-corrected chi connectivity index (χ3v) is 3.29. The number of aromatic hydroxyl groups is 1. The van der Waals surface area contributed by atoms with Crippen molar-refractivity contribution in [1.82, 2.24) is 5.32 Å². The Morgan fingerprint density at radius 2 is 2.04 bits per heavy atom. The molecule has 1 unspecified atom stereocenters. The summed E-state index contributed by atoms with van der Waals surface area (Å²) in [7, 11) is 1.30. The van der Waals surface area contributed by atoms with Crippen molar-refractivity contribution in [2.75, 3.05) is 7.11 Å². The lowest BCUT2D eigenvalue weighted by molar-refractivity contribution is -0.131. The Kier molecular flexibility index (Phi) is 5.28. The van der Waals surface area contributed by atoms with Crippen LogP contribution in [-0.2, 0) is 16.1 Å². The van der Waals surface area contributed by atoms with Crippen LogP contribution in [-0.4, -0.2) is 18.1 Å². The molecule has 0 bridgehead atoms. The number of phenols is 1. The molecule has 1 atom stereocenters. The van der Waals surface area contributed by atoms with Crippen LogP contribution in [0.3, 0.4) is 0 Å². The summed E-state index contributed by atoms with van der Waals surface area (Å²) in [6.45, 7) is 0.226. The van der Waals surface area contributed by atoms with Crippen LogP contribution in [0.5, 0.6) is 5.75 Å². The van der Waals surface area contributed by atoms with Crippen molar-refractivity contribution in [3.05, 3.63) is 65.0 Å². The molecule has 6 heteroatoms. The maximum Gasteiger partial charge on any atom is 0.254 e. The summed E-state index contributed by atoms with van der Waals surface area (Å²) in [5.74, 6) is -1.44. The molecule has 1 amide bonds. The molecule has 0 aliphatic carbocycles. The molecule has 0 fully saturated rings. The minimum Gasteiger partial charge on any atom is -0.508 e. The van der Waals surface area contributed by atoms with Gasteiger partial charge in [0.25, 0.3) is 5.91 Å². The van der Waals surface area contributed by atoms with Crippen molar-refractivity contribution < 1.29 is 19.0 Å². The van der Waals surface area contributed by atoms with E-state index in [4.69, 9.17) is 10.00 Å². The molecule has 2 aromatic rings. The van der Waals surface area contributed by atoms with Crippen LogP contribution in [0.4, 0.5) is 4.39 Å². The topological polar surface area (TPSA) is 82.3 Å². The first-order chi connectivity index (χ1) is 11.0. The molecule has 0 radical (unpaired) electrons. The maximum atomic E-state index is 13.8. The maximum absolute atomic E-state index is 13.8. The highest BCUT2D eigenvalue weighted by atomic mass is 19.1. The number of nitriles is 1. The van der Waals surface area contributed by atoms with Crippen molar-refractivity contribution >= 4 is 5.91 Å². The van der Waals surface area contributed by atoms with Gasteiger partial charge in [0.2, 0.25) is 0 Å². The molecule has 0 aliphatic heterocycles. The fourth-order valence-corrected chi connectivity index (χ4v) is 2.08. The van der Waals surface area contributed by atoms with Crippen LogP contribution >= 0.6 is 0 Å². The highest BCUT2D eigenvalue weighted by molar-refractivity contribution is 5.82. The van der Waals surface area contributed by atoms with Crippen LogP contribution in [0.15, 0.2) is 42.5 Å². The number of methoxy groups -OCH3 is 1. The number of amides is 1. The average molecular weight is 314 g/mol. The second kappa shape index (κ2) is 7.38. The van der Waals surface area contributed by atoms with Crippen molar-refractivity contribution in [1.29, 1.82) is 5.26 Å². The molecular weight excluding hydrogens is 299 g/mol. The lowest BCUT2D eigenvalue weighted by atomic mass is 10.1. The van der Waals surface area contributed by atoms with Crippen LogP contribution in [0.1, 0.15) is 22.8 Å². The number of carbonyl (C=O) groups excluding carboxylic acids is 1. The smallest absolute Gasteiger partial charge is 0.254 e. The number of halogens is 1. The van der Waals surface area contributed by atoms with Gasteiger partial charge in [-0.1, -0.05) is 12.1 Å². The van der Waals surface area contributed by atoms with Crippen LogP contribution < -0.4 is 5.32 Å². The standard InChI is InChI=1S/C17H15FN2O3/c1-23-16(14-7-6-13(21)8-15(14)18)17(22)20-10-12-4-2-11(9-19)3-5-12/h2-8,16,21H,10H2,1H3,(H,20,22). The molecule has 0 saturated heterocycles. The predicted octanol–water partition coefficient (Wildman–Crippen LogP) is 2.41. The summed E-state index contributed by atoms with van der Waals surface area (Å²) in [5.41, 5.74) is 1.38. The molecule has 2 N–H and O–H groups in total. The van der Waals surface area contributed by atoms with E-state index >= 15 is 0 Å². The predicted molar refractivity (Wildman–Crippen MR) is 80.8 cm³/mol. The van der Waals surface area contributed by atoms with Gasteiger partial charge in [0.15, 0.2) is 6.10 Å². The van der Waals surface area contributed by atoms with Gasteiger partial charge in [0.05, 0.1) is 11.6 Å². The summed E-state index contributed by atoms with van der Waals surface area (Å²) in [6, 6.07) is 12.3. The molecule has 118 valence electrons. The van der Waals surface area contributed by atoms with E-state index in [1.807, 2.05) is 6.07 Å². The second-order valence-corrected chi connectivity index (χ2v) is 4.85. The van der Waals surface area contributed by atoms with E-state index in [0.717, 1.165) is 11.6 Å². The molecule has 2 aromatic carbocycles. The molecule has 23 heavy (non-hydrogen) atoms. The summed E-state index contributed by atoms with van der Waals surface area (Å²) in [6.07, 6.45) is -1.12. The fraction of sp³-hybridized carbons (Fsp3) is 0.176. The van der Waals surface area contributed by atoms with Gasteiger partial charge in [-0.2, -0.15) is 5.26 Å². The first-order valence-corrected chi connectivity index (χ1v) is 6.83. The number of phenolic OH excluding ortho intramolecular Hbond substituents is 1. The van der Waals surface area contributed by atoms with E-state index in [9.17, 15) is 14.3 Å². The van der Waals surface area contributed by atoms with Crippen LogP contribution in [0.2, 0.25) is 0 Å². The molecule has 0 saturated carbocycles. The average Bonchev–Trinajstić information content (AvgIpc) is 2.56. The van der Waals surface area contributed by atoms with Gasteiger partial charge in [-0.25, -0.2) is 4.39 Å². The molecule has 0 aromatic heterocycles. The zero-order valence-electron chi connectivity index (χ0n) is 12.4. The Hall–Kier alpha value is -2.91. The van der Waals surface area contributed by atoms with Gasteiger partial charge in [-0.3, -0.25) is 4.79 Å². The van der Waals surface area contributed by atoms with E-state index in [1.165, 1.54) is 19.2 Å². The number of hydrogen-bond donors (Lipinski definition) is 2. The largest absolute Gasteiger partial charge is 0.508 e. The molecule has 0 aliphatic rings. The van der Waals surface area contributed by atoms with Crippen LogP contribution in [0.25, 0.3) is 0 Å². The van der Waals surface area contributed by atoms with Gasteiger partial charge < -0.3 is 15.2 Å². The van der Waals surface area contributed by atoms with Gasteiger partial charge in [-0.15, -0.1) is 0 Å². The van der Waals surface area contributed by atoms with Gasteiger partial charge in [0, 0.05) is 25.3 Å². The van der Waals surface area contributed by atoms with Crippen molar-refractivity contribution in [3.63, 3.8) is 0 Å². The number of hydrogen-bond acceptors (Lipinski definition) is 4. The summed E-state index contributed by atoms with van der Waals surface area (Å²) >= 11 is 0. The van der Waals surface area contributed by atoms with E-state index in [2.05, 4.69) is 5.32 Å². The minimum absolute atomic E-state index is 0.0441. The molecule has 0 spiro atoms. The molecule has 2 rings (SSSR count). The quantitative estimate of drug-likeness (QED) is 0.888. The SMILES string of the molecule is COC(C(=O)NCc1ccc(C#N)cc1)c1ccc(O)cc1F. The first kappa shape index (κ1) is 16.5. The third kappa shape index (κ3) is 4.05. The first-order valence-electron chi connectivity index (χ1n) is 6.83. The zero-order valence-corrected chi connectivity index (χ0v) is 12.4. The number of nitrogens with zero attached hydrogens (tertiary/aromatic N) is 1. The number of benzene rings is 2. The highest BCUT2D eigenvalue weighted by Gasteiger charge is 2.23. The zero-order chi connectivity index (χ0) is 16.8. The summed E-state index contributed by atoms with van der Waals surface area (Å²) in [5, 5.41) is 20.6. The van der Waals surface area contributed by atoms with Gasteiger partial charge in [-0.05, 0) is 29.8 Å². The number of nitrogens with one attached hydrogen (secondary N) is 1. The molecule has 0 heterocycles. The Balaban J connectivity index is 2.06. The van der Waals surface area contributed by atoms with E-state index in [1.54, 1.807) is 24.3 Å². The summed E-state index contributed by atoms with van der Waals surface area (Å²) in [4.78, 5) is 12.2. The number of ether oxygens (including phenoxy) is 1. The molecule has 5 nitrogen and oxygen atoms in total. The monoisotopic (exact) mass is 314 g/mol.